The van der Waals surface area contributed by atoms with E-state index in [0.717, 1.165) is 0 Å². The van der Waals surface area contributed by atoms with Gasteiger partial charge in [-0.3, -0.25) is 9.79 Å². The van der Waals surface area contributed by atoms with Crippen molar-refractivity contribution in [2.24, 2.45) is 15.0 Å². The largest absolute Gasteiger partial charge is 0.370 e. The highest BCUT2D eigenvalue weighted by Crippen LogP contribution is 2.09. The maximum atomic E-state index is 11.1. The number of rotatable bonds is 0. The molecule has 3 amide bonds. The molecule has 2 heterocycles. The first-order valence-corrected chi connectivity index (χ1v) is 4.30. The molecule has 78 valence electrons. The molecule has 0 aromatic heterocycles. The molecule has 0 aromatic carbocycles. The smallest absolute Gasteiger partial charge is 0.364 e. The first kappa shape index (κ1) is 9.50. The molecule has 2 aliphatic heterocycles. The highest BCUT2D eigenvalue weighted by atomic mass is 16.2. The molecule has 0 saturated heterocycles. The molecule has 0 spiro atoms. The van der Waals surface area contributed by atoms with Crippen LogP contribution in [0.5, 0.6) is 0 Å². The number of carbonyl (C=O) groups excluding carboxylic acids is 2. The first-order chi connectivity index (χ1) is 7.08. The van der Waals surface area contributed by atoms with Crippen LogP contribution >= 0.6 is 0 Å². The Kier molecular flexibility index (Phi) is 2.07. The standard InChI is InChI=1S/C8H9N5O2/c1-13(2)7-5-6(11-8(15)12-7)10-4(14)3-9-5/h3,5H,1-2H3,(H,10,11,14,15). The second-order valence-electron chi connectivity index (χ2n) is 3.31. The summed E-state index contributed by atoms with van der Waals surface area (Å²) in [5, 5.41) is 2.47. The average molecular weight is 207 g/mol. The van der Waals surface area contributed by atoms with Crippen LogP contribution in [0, 0.1) is 0 Å². The molecule has 7 heteroatoms. The van der Waals surface area contributed by atoms with Crippen LogP contribution < -0.4 is 5.32 Å². The van der Waals surface area contributed by atoms with Gasteiger partial charge >= 0.3 is 6.03 Å². The topological polar surface area (TPSA) is 86.5 Å². The number of hydrogen-bond acceptors (Lipinski definition) is 4. The lowest BCUT2D eigenvalue weighted by Crippen LogP contribution is -2.51. The van der Waals surface area contributed by atoms with Gasteiger partial charge in [0.2, 0.25) is 0 Å². The minimum absolute atomic E-state index is 0.242. The minimum atomic E-state index is -0.623. The molecular weight excluding hydrogens is 198 g/mol. The Morgan fingerprint density at radius 3 is 2.73 bits per heavy atom. The normalized spacial score (nSPS) is 24.0. The summed E-state index contributed by atoms with van der Waals surface area (Å²) in [4.78, 5) is 35.1. The maximum Gasteiger partial charge on any atom is 0.370 e. The Bertz CT molecular complexity index is 421. The van der Waals surface area contributed by atoms with Gasteiger partial charge in [-0.2, -0.15) is 9.98 Å². The number of amidine groups is 2. The number of nitrogens with one attached hydrogen (secondary N) is 1. The predicted octanol–water partition coefficient (Wildman–Crippen LogP) is -0.952. The molecule has 0 saturated carbocycles. The molecule has 1 unspecified atom stereocenters. The SMILES string of the molecule is CN(C)C1=NC(=O)N=C2NC(=O)C=NC21. The van der Waals surface area contributed by atoms with Crippen molar-refractivity contribution in [1.29, 1.82) is 0 Å². The molecular formula is C8H9N5O2. The quantitative estimate of drug-likeness (QED) is 0.555. The molecule has 15 heavy (non-hydrogen) atoms. The Labute approximate surface area is 85.6 Å². The fraction of sp³-hybridized carbons (Fsp3) is 0.375. The molecule has 2 rings (SSSR count). The summed E-state index contributed by atoms with van der Waals surface area (Å²) in [7, 11) is 3.50. The Hall–Kier alpha value is -2.05. The van der Waals surface area contributed by atoms with Crippen LogP contribution in [0.3, 0.4) is 0 Å². The molecule has 0 fully saturated rings. The molecule has 1 N–H and O–H groups in total. The number of carbonyl (C=O) groups is 2. The van der Waals surface area contributed by atoms with Crippen molar-refractivity contribution in [3.63, 3.8) is 0 Å². The van der Waals surface area contributed by atoms with Crippen LogP contribution in [-0.2, 0) is 4.79 Å². The minimum Gasteiger partial charge on any atom is -0.364 e. The van der Waals surface area contributed by atoms with Crippen molar-refractivity contribution in [2.45, 2.75) is 6.04 Å². The van der Waals surface area contributed by atoms with Crippen molar-refractivity contribution in [1.82, 2.24) is 10.2 Å². The third-order valence-corrected chi connectivity index (χ3v) is 1.98. The highest BCUT2D eigenvalue weighted by Gasteiger charge is 2.32. The van der Waals surface area contributed by atoms with E-state index < -0.39 is 12.1 Å². The second kappa shape index (κ2) is 3.26. The summed E-state index contributed by atoms with van der Waals surface area (Å²) >= 11 is 0. The summed E-state index contributed by atoms with van der Waals surface area (Å²) in [6.07, 6.45) is 1.17. The van der Waals surface area contributed by atoms with E-state index in [2.05, 4.69) is 20.3 Å². The summed E-state index contributed by atoms with van der Waals surface area (Å²) in [6.45, 7) is 0. The lowest BCUT2D eigenvalue weighted by Gasteiger charge is -2.26. The predicted molar refractivity (Wildman–Crippen MR) is 54.4 cm³/mol. The Balaban J connectivity index is 2.41. The van der Waals surface area contributed by atoms with Gasteiger partial charge in [0.25, 0.3) is 5.91 Å². The molecule has 1 atom stereocenters. The van der Waals surface area contributed by atoms with Gasteiger partial charge in [-0.15, -0.1) is 0 Å². The van der Waals surface area contributed by atoms with E-state index in [1.807, 2.05) is 0 Å². The lowest BCUT2D eigenvalue weighted by molar-refractivity contribution is -0.113. The fourth-order valence-electron chi connectivity index (χ4n) is 1.35. The third kappa shape index (κ3) is 1.63. The van der Waals surface area contributed by atoms with E-state index in [9.17, 15) is 9.59 Å². The van der Waals surface area contributed by atoms with Gasteiger partial charge in [-0.1, -0.05) is 0 Å². The summed E-state index contributed by atoms with van der Waals surface area (Å²) < 4.78 is 0. The van der Waals surface area contributed by atoms with Gasteiger partial charge in [0, 0.05) is 14.1 Å². The molecule has 7 nitrogen and oxygen atoms in total. The molecule has 0 radical (unpaired) electrons. The van der Waals surface area contributed by atoms with Crippen molar-refractivity contribution in [3.8, 4) is 0 Å². The highest BCUT2D eigenvalue weighted by molar-refractivity contribution is 6.36. The van der Waals surface area contributed by atoms with Crippen molar-refractivity contribution >= 4 is 29.8 Å². The zero-order chi connectivity index (χ0) is 11.0. The zero-order valence-corrected chi connectivity index (χ0v) is 8.26. The van der Waals surface area contributed by atoms with Crippen LogP contribution in [0.25, 0.3) is 0 Å². The molecule has 2 aliphatic rings. The molecule has 0 aliphatic carbocycles. The summed E-state index contributed by atoms with van der Waals surface area (Å²) in [6, 6.07) is -1.10. The second-order valence-corrected chi connectivity index (χ2v) is 3.31. The Morgan fingerprint density at radius 2 is 2.07 bits per heavy atom. The van der Waals surface area contributed by atoms with E-state index in [1.54, 1.807) is 19.0 Å². The van der Waals surface area contributed by atoms with E-state index in [-0.39, 0.29) is 11.7 Å². The van der Waals surface area contributed by atoms with E-state index >= 15 is 0 Å². The summed E-state index contributed by atoms with van der Waals surface area (Å²) in [5.41, 5.74) is 0. The van der Waals surface area contributed by atoms with Gasteiger partial charge in [0.05, 0.1) is 6.21 Å². The van der Waals surface area contributed by atoms with E-state index in [1.165, 1.54) is 6.21 Å². The Morgan fingerprint density at radius 1 is 1.33 bits per heavy atom. The van der Waals surface area contributed by atoms with Crippen LogP contribution in [-0.4, -0.2) is 54.9 Å². The third-order valence-electron chi connectivity index (χ3n) is 1.98. The molecule has 0 bridgehead atoms. The van der Waals surface area contributed by atoms with Gasteiger partial charge in [-0.05, 0) is 0 Å². The number of amides is 3. The zero-order valence-electron chi connectivity index (χ0n) is 8.26. The first-order valence-electron chi connectivity index (χ1n) is 4.30. The average Bonchev–Trinajstić information content (AvgIpc) is 2.15. The monoisotopic (exact) mass is 207 g/mol. The van der Waals surface area contributed by atoms with Crippen molar-refractivity contribution < 1.29 is 9.59 Å². The number of urea groups is 1. The van der Waals surface area contributed by atoms with E-state index in [4.69, 9.17) is 0 Å². The van der Waals surface area contributed by atoms with Crippen LogP contribution in [0.2, 0.25) is 0 Å². The number of likely N-dealkylation sites (N-methyl/N-ethyl adjacent to an activating group) is 1. The maximum absolute atomic E-state index is 11.1. The van der Waals surface area contributed by atoms with Crippen LogP contribution in [0.4, 0.5) is 4.79 Å². The van der Waals surface area contributed by atoms with Gasteiger partial charge in [0.1, 0.15) is 11.7 Å². The van der Waals surface area contributed by atoms with E-state index in [0.29, 0.717) is 5.84 Å². The van der Waals surface area contributed by atoms with Crippen molar-refractivity contribution in [2.75, 3.05) is 14.1 Å². The van der Waals surface area contributed by atoms with Crippen molar-refractivity contribution in [3.05, 3.63) is 0 Å². The lowest BCUT2D eigenvalue weighted by atomic mass is 10.2. The van der Waals surface area contributed by atoms with Gasteiger partial charge in [0.15, 0.2) is 6.04 Å². The van der Waals surface area contributed by atoms with Crippen LogP contribution in [0.15, 0.2) is 15.0 Å². The number of hydrogen-bond donors (Lipinski definition) is 1. The van der Waals surface area contributed by atoms with Gasteiger partial charge in [-0.25, -0.2) is 4.79 Å². The van der Waals surface area contributed by atoms with Gasteiger partial charge < -0.3 is 10.2 Å². The van der Waals surface area contributed by atoms with Crippen LogP contribution in [0.1, 0.15) is 0 Å². The number of fused-ring (bicyclic) bond motifs is 1. The number of nitrogens with zero attached hydrogens (tertiary/aromatic N) is 4. The summed E-state index contributed by atoms with van der Waals surface area (Å²) in [5.74, 6) is 0.338. The number of aliphatic imine (C=N–C) groups is 3. The molecule has 0 aromatic rings. The fourth-order valence-corrected chi connectivity index (χ4v) is 1.35.